The third-order valence-corrected chi connectivity index (χ3v) is 2.22. The van der Waals surface area contributed by atoms with E-state index in [-0.39, 0.29) is 11.6 Å². The highest BCUT2D eigenvalue weighted by molar-refractivity contribution is 6.30. The number of hydrogen-bond donors (Lipinski definition) is 0. The van der Waals surface area contributed by atoms with Crippen LogP contribution in [0.2, 0.25) is 5.02 Å². The van der Waals surface area contributed by atoms with Crippen molar-refractivity contribution in [1.82, 2.24) is 4.98 Å². The molecule has 1 heterocycles. The molecule has 0 saturated carbocycles. The maximum atomic E-state index is 12.4. The van der Waals surface area contributed by atoms with Gasteiger partial charge in [-0.2, -0.15) is 13.2 Å². The van der Waals surface area contributed by atoms with E-state index in [1.165, 1.54) is 24.4 Å². The van der Waals surface area contributed by atoms with Gasteiger partial charge >= 0.3 is 6.18 Å². The second-order valence-corrected chi connectivity index (χ2v) is 3.79. The summed E-state index contributed by atoms with van der Waals surface area (Å²) in [7, 11) is 0. The molecule has 0 fully saturated rings. The van der Waals surface area contributed by atoms with Crippen molar-refractivity contribution in [2.24, 2.45) is 0 Å². The molecule has 0 unspecified atom stereocenters. The summed E-state index contributed by atoms with van der Waals surface area (Å²) in [5, 5.41) is 0.416. The first kappa shape index (κ1) is 12.7. The van der Waals surface area contributed by atoms with Gasteiger partial charge in [-0.3, -0.25) is 0 Å². The quantitative estimate of drug-likeness (QED) is 0.811. The Balaban J connectivity index is 2.22. The number of halogens is 4. The molecule has 6 heteroatoms. The van der Waals surface area contributed by atoms with Gasteiger partial charge in [0.1, 0.15) is 5.75 Å². The van der Waals surface area contributed by atoms with Crippen molar-refractivity contribution in [3.8, 4) is 11.6 Å². The monoisotopic (exact) mass is 272 g/mol. The molecule has 0 aliphatic rings. The van der Waals surface area contributed by atoms with E-state index in [1.807, 2.05) is 0 Å². The number of pyridine rings is 1. The maximum absolute atomic E-state index is 12.4. The zero-order valence-corrected chi connectivity index (χ0v) is 9.59. The van der Waals surface area contributed by atoms with Gasteiger partial charge in [0, 0.05) is 12.3 Å². The van der Waals surface area contributed by atoms with Gasteiger partial charge < -0.3 is 4.74 Å². The minimum atomic E-state index is -4.45. The maximum Gasteiger partial charge on any atom is 0.417 e. The minimum Gasteiger partial charge on any atom is -0.439 e. The molecule has 1 aromatic carbocycles. The van der Waals surface area contributed by atoms with Crippen LogP contribution in [0.1, 0.15) is 5.56 Å². The number of ether oxygens (including phenoxy) is 1. The average Bonchev–Trinajstić information content (AvgIpc) is 2.31. The van der Waals surface area contributed by atoms with E-state index in [9.17, 15) is 13.2 Å². The molecule has 0 atom stereocenters. The van der Waals surface area contributed by atoms with Gasteiger partial charge in [0.05, 0.1) is 10.6 Å². The van der Waals surface area contributed by atoms with Crippen molar-refractivity contribution in [2.75, 3.05) is 0 Å². The molecule has 0 aliphatic carbocycles. The fraction of sp³-hybridized carbons (Fsp3) is 0.0833. The third kappa shape index (κ3) is 3.13. The molecule has 2 aromatic rings. The Kier molecular flexibility index (Phi) is 3.43. The molecule has 1 aromatic heterocycles. The van der Waals surface area contributed by atoms with E-state index in [1.54, 1.807) is 0 Å². The Morgan fingerprint density at radius 1 is 1.22 bits per heavy atom. The lowest BCUT2D eigenvalue weighted by molar-refractivity contribution is -0.137. The van der Waals surface area contributed by atoms with E-state index in [2.05, 4.69) is 11.1 Å². The number of benzene rings is 1. The van der Waals surface area contributed by atoms with Crippen LogP contribution in [0.4, 0.5) is 13.2 Å². The van der Waals surface area contributed by atoms with Crippen LogP contribution in [0, 0.1) is 6.07 Å². The number of hydrogen-bond acceptors (Lipinski definition) is 2. The van der Waals surface area contributed by atoms with Gasteiger partial charge in [-0.25, -0.2) is 4.98 Å². The van der Waals surface area contributed by atoms with Gasteiger partial charge in [0.15, 0.2) is 0 Å². The smallest absolute Gasteiger partial charge is 0.417 e. The summed E-state index contributed by atoms with van der Waals surface area (Å²) in [5.74, 6) is 0.203. The van der Waals surface area contributed by atoms with E-state index < -0.39 is 11.7 Å². The van der Waals surface area contributed by atoms with Crippen molar-refractivity contribution >= 4 is 11.6 Å². The topological polar surface area (TPSA) is 22.1 Å². The molecule has 2 nitrogen and oxygen atoms in total. The van der Waals surface area contributed by atoms with Gasteiger partial charge in [-0.1, -0.05) is 17.7 Å². The highest BCUT2D eigenvalue weighted by Crippen LogP contribution is 2.32. The van der Waals surface area contributed by atoms with E-state index >= 15 is 0 Å². The molecule has 93 valence electrons. The van der Waals surface area contributed by atoms with Gasteiger partial charge in [-0.05, 0) is 24.3 Å². The van der Waals surface area contributed by atoms with Crippen molar-refractivity contribution < 1.29 is 17.9 Å². The molecule has 2 rings (SSSR count). The number of rotatable bonds is 2. The second-order valence-electron chi connectivity index (χ2n) is 3.35. The highest BCUT2D eigenvalue weighted by Gasteiger charge is 2.30. The van der Waals surface area contributed by atoms with E-state index in [0.29, 0.717) is 5.02 Å². The standard InChI is InChI=1S/C12H6ClF3NO/c13-9-4-5-11(17-7-9)18-10-3-1-2-8(6-10)12(14,15)16/h1,3-7H. The van der Waals surface area contributed by atoms with Gasteiger partial charge in [-0.15, -0.1) is 0 Å². The SMILES string of the molecule is FC(F)(F)c1[c]ccc(Oc2ccc(Cl)cn2)c1. The van der Waals surface area contributed by atoms with Crippen molar-refractivity contribution in [1.29, 1.82) is 0 Å². The predicted molar refractivity (Wildman–Crippen MR) is 59.6 cm³/mol. The second kappa shape index (κ2) is 4.86. The summed E-state index contributed by atoms with van der Waals surface area (Å²) in [4.78, 5) is 3.82. The number of alkyl halides is 3. The van der Waals surface area contributed by atoms with Gasteiger partial charge in [0.2, 0.25) is 5.88 Å². The molecule has 0 aliphatic heterocycles. The third-order valence-electron chi connectivity index (χ3n) is 2.00. The van der Waals surface area contributed by atoms with Crippen molar-refractivity contribution in [2.45, 2.75) is 6.18 Å². The zero-order valence-electron chi connectivity index (χ0n) is 8.83. The molecule has 0 amide bonds. The van der Waals surface area contributed by atoms with E-state index in [4.69, 9.17) is 16.3 Å². The van der Waals surface area contributed by atoms with Crippen LogP contribution in [-0.2, 0) is 6.18 Å². The summed E-state index contributed by atoms with van der Waals surface area (Å²) in [6.45, 7) is 0. The molecule has 1 radical (unpaired) electrons. The first-order chi connectivity index (χ1) is 8.45. The van der Waals surface area contributed by atoms with Crippen LogP contribution in [0.5, 0.6) is 11.6 Å². The first-order valence-corrected chi connectivity index (χ1v) is 5.21. The fourth-order valence-electron chi connectivity index (χ4n) is 1.22. The van der Waals surface area contributed by atoms with Crippen molar-refractivity contribution in [3.05, 3.63) is 53.2 Å². The lowest BCUT2D eigenvalue weighted by Crippen LogP contribution is -2.04. The first-order valence-electron chi connectivity index (χ1n) is 4.83. The van der Waals surface area contributed by atoms with Crippen LogP contribution < -0.4 is 4.74 Å². The highest BCUT2D eigenvalue weighted by atomic mass is 35.5. The molecule has 0 spiro atoms. The number of nitrogens with zero attached hydrogens (tertiary/aromatic N) is 1. The van der Waals surface area contributed by atoms with Crippen molar-refractivity contribution in [3.63, 3.8) is 0 Å². The molecular weight excluding hydrogens is 267 g/mol. The predicted octanol–water partition coefficient (Wildman–Crippen LogP) is 4.35. The summed E-state index contributed by atoms with van der Waals surface area (Å²) in [5.41, 5.74) is -0.894. The average molecular weight is 273 g/mol. The Labute approximate surface area is 106 Å². The largest absolute Gasteiger partial charge is 0.439 e. The zero-order chi connectivity index (χ0) is 13.2. The van der Waals surface area contributed by atoms with E-state index in [0.717, 1.165) is 12.1 Å². The lowest BCUT2D eigenvalue weighted by atomic mass is 10.2. The van der Waals surface area contributed by atoms with Crippen LogP contribution in [0.25, 0.3) is 0 Å². The number of aromatic nitrogens is 1. The summed E-state index contributed by atoms with van der Waals surface area (Å²) in [6, 6.07) is 8.46. The molecule has 0 bridgehead atoms. The summed E-state index contributed by atoms with van der Waals surface area (Å²) < 4.78 is 42.5. The molecule has 0 N–H and O–H groups in total. The Hall–Kier alpha value is -1.75. The van der Waals surface area contributed by atoms with Gasteiger partial charge in [0.25, 0.3) is 0 Å². The Bertz CT molecular complexity index is 540. The van der Waals surface area contributed by atoms with Crippen LogP contribution in [0.3, 0.4) is 0 Å². The molecule has 0 saturated heterocycles. The molecular formula is C12H6ClF3NO. The van der Waals surface area contributed by atoms with Crippen LogP contribution in [0.15, 0.2) is 36.5 Å². The fourth-order valence-corrected chi connectivity index (χ4v) is 1.33. The summed E-state index contributed by atoms with van der Waals surface area (Å²) in [6.07, 6.45) is -3.11. The van der Waals surface area contributed by atoms with Crippen LogP contribution >= 0.6 is 11.6 Å². The Morgan fingerprint density at radius 3 is 2.61 bits per heavy atom. The summed E-state index contributed by atoms with van der Waals surface area (Å²) >= 11 is 5.63. The van der Waals surface area contributed by atoms with Crippen LogP contribution in [-0.4, -0.2) is 4.98 Å². The Morgan fingerprint density at radius 2 is 2.00 bits per heavy atom. The normalized spacial score (nSPS) is 11.3. The minimum absolute atomic E-state index is 0.0379. The lowest BCUT2D eigenvalue weighted by Gasteiger charge is -2.08. The molecule has 18 heavy (non-hydrogen) atoms.